The van der Waals surface area contributed by atoms with E-state index in [9.17, 15) is 4.79 Å². The molecule has 0 saturated carbocycles. The van der Waals surface area contributed by atoms with Crippen molar-refractivity contribution in [3.63, 3.8) is 0 Å². The summed E-state index contributed by atoms with van der Waals surface area (Å²) in [6.07, 6.45) is 2.01. The second-order valence-corrected chi connectivity index (χ2v) is 7.07. The fourth-order valence-electron chi connectivity index (χ4n) is 3.29. The lowest BCUT2D eigenvalue weighted by atomic mass is 9.90. The van der Waals surface area contributed by atoms with E-state index in [0.717, 1.165) is 25.9 Å². The Morgan fingerprint density at radius 2 is 2.13 bits per heavy atom. The number of carbonyl (C=O) groups is 1. The highest BCUT2D eigenvalue weighted by Gasteiger charge is 2.33. The Morgan fingerprint density at radius 3 is 2.91 bits per heavy atom. The number of carbonyl (C=O) groups excluding carboxylic acids is 1. The van der Waals surface area contributed by atoms with E-state index in [1.165, 1.54) is 21.6 Å². The molecule has 0 fully saturated rings. The van der Waals surface area contributed by atoms with Crippen LogP contribution in [-0.4, -0.2) is 30.4 Å². The van der Waals surface area contributed by atoms with E-state index in [0.29, 0.717) is 6.54 Å². The Labute approximate surface area is 142 Å². The minimum absolute atomic E-state index is 0.0575. The first kappa shape index (κ1) is 16.2. The normalized spacial score (nSPS) is 17.1. The number of hydrogen-bond donors (Lipinski definition) is 1. The highest BCUT2D eigenvalue weighted by Crippen LogP contribution is 2.38. The Kier molecular flexibility index (Phi) is 5.13. The van der Waals surface area contributed by atoms with E-state index in [4.69, 9.17) is 0 Å². The van der Waals surface area contributed by atoms with Crippen molar-refractivity contribution < 1.29 is 4.79 Å². The second-order valence-electron chi connectivity index (χ2n) is 6.07. The van der Waals surface area contributed by atoms with Gasteiger partial charge in [-0.05, 0) is 54.4 Å². The van der Waals surface area contributed by atoms with Crippen LogP contribution in [0.1, 0.15) is 41.0 Å². The average Bonchev–Trinajstić information content (AvgIpc) is 3.03. The molecule has 2 aromatic rings. The minimum atomic E-state index is 0.0575. The van der Waals surface area contributed by atoms with E-state index in [2.05, 4.69) is 59.8 Å². The number of thiophene rings is 1. The average molecular weight is 328 g/mol. The van der Waals surface area contributed by atoms with Crippen molar-refractivity contribution in [2.24, 2.45) is 0 Å². The lowest BCUT2D eigenvalue weighted by molar-refractivity contribution is -0.132. The van der Waals surface area contributed by atoms with Gasteiger partial charge in [-0.25, -0.2) is 0 Å². The number of rotatable bonds is 5. The number of benzene rings is 1. The van der Waals surface area contributed by atoms with E-state index in [1.807, 2.05) is 11.3 Å². The topological polar surface area (TPSA) is 32.3 Å². The maximum atomic E-state index is 12.8. The molecule has 0 bridgehead atoms. The third kappa shape index (κ3) is 3.33. The predicted octanol–water partition coefficient (Wildman–Crippen LogP) is 3.53. The van der Waals surface area contributed by atoms with Crippen LogP contribution in [-0.2, 0) is 11.2 Å². The largest absolute Gasteiger partial charge is 0.330 e. The van der Waals surface area contributed by atoms with Crippen LogP contribution in [0.3, 0.4) is 0 Å². The molecule has 0 spiro atoms. The third-order valence-corrected chi connectivity index (χ3v) is 5.47. The number of hydrogen-bond acceptors (Lipinski definition) is 3. The SMILES string of the molecule is CCCNCC(=O)N1CCc2sccc2[C@H]1c1ccccc1C. The molecule has 0 saturated heterocycles. The lowest BCUT2D eigenvalue weighted by Crippen LogP contribution is -2.44. The van der Waals surface area contributed by atoms with Crippen LogP contribution < -0.4 is 5.32 Å². The highest BCUT2D eigenvalue weighted by molar-refractivity contribution is 7.10. The molecular formula is C19H24N2OS. The van der Waals surface area contributed by atoms with Crippen LogP contribution in [0.5, 0.6) is 0 Å². The van der Waals surface area contributed by atoms with Gasteiger partial charge in [0.15, 0.2) is 0 Å². The fraction of sp³-hybridized carbons (Fsp3) is 0.421. The van der Waals surface area contributed by atoms with Gasteiger partial charge in [-0.2, -0.15) is 0 Å². The Balaban J connectivity index is 1.93. The monoisotopic (exact) mass is 328 g/mol. The number of amides is 1. The van der Waals surface area contributed by atoms with Gasteiger partial charge >= 0.3 is 0 Å². The summed E-state index contributed by atoms with van der Waals surface area (Å²) in [4.78, 5) is 16.2. The molecule has 1 amide bonds. The van der Waals surface area contributed by atoms with Crippen LogP contribution in [0, 0.1) is 6.92 Å². The van der Waals surface area contributed by atoms with E-state index < -0.39 is 0 Å². The number of aryl methyl sites for hydroxylation is 1. The maximum absolute atomic E-state index is 12.8. The molecule has 4 heteroatoms. The van der Waals surface area contributed by atoms with Crippen LogP contribution in [0.2, 0.25) is 0 Å². The number of nitrogens with zero attached hydrogens (tertiary/aromatic N) is 1. The molecule has 122 valence electrons. The standard InChI is InChI=1S/C19H24N2OS/c1-3-10-20-13-18(22)21-11-8-17-16(9-12-23-17)19(21)15-7-5-4-6-14(15)2/h4-7,9,12,19-20H,3,8,10-11,13H2,1-2H3/t19-/m1/s1. The van der Waals surface area contributed by atoms with Crippen molar-refractivity contribution in [2.45, 2.75) is 32.7 Å². The van der Waals surface area contributed by atoms with Crippen molar-refractivity contribution in [3.8, 4) is 0 Å². The van der Waals surface area contributed by atoms with Gasteiger partial charge in [0, 0.05) is 11.4 Å². The van der Waals surface area contributed by atoms with Gasteiger partial charge < -0.3 is 10.2 Å². The van der Waals surface area contributed by atoms with Crippen LogP contribution in [0.4, 0.5) is 0 Å². The minimum Gasteiger partial charge on any atom is -0.330 e. The summed E-state index contributed by atoms with van der Waals surface area (Å²) in [5, 5.41) is 5.40. The summed E-state index contributed by atoms with van der Waals surface area (Å²) < 4.78 is 0. The van der Waals surface area contributed by atoms with Crippen molar-refractivity contribution in [2.75, 3.05) is 19.6 Å². The molecule has 1 aliphatic rings. The molecule has 1 aromatic carbocycles. The van der Waals surface area contributed by atoms with Gasteiger partial charge in [0.2, 0.25) is 5.91 Å². The Morgan fingerprint density at radius 1 is 1.30 bits per heavy atom. The molecule has 1 aromatic heterocycles. The van der Waals surface area contributed by atoms with Gasteiger partial charge in [-0.1, -0.05) is 31.2 Å². The molecule has 0 radical (unpaired) electrons. The predicted molar refractivity (Wildman–Crippen MR) is 95.9 cm³/mol. The molecule has 0 aliphatic carbocycles. The molecule has 3 nitrogen and oxygen atoms in total. The van der Waals surface area contributed by atoms with Gasteiger partial charge in [0.25, 0.3) is 0 Å². The molecule has 1 N–H and O–H groups in total. The smallest absolute Gasteiger partial charge is 0.237 e. The van der Waals surface area contributed by atoms with E-state index in [-0.39, 0.29) is 11.9 Å². The summed E-state index contributed by atoms with van der Waals surface area (Å²) >= 11 is 1.81. The lowest BCUT2D eigenvalue weighted by Gasteiger charge is -2.37. The molecule has 23 heavy (non-hydrogen) atoms. The highest BCUT2D eigenvalue weighted by atomic mass is 32.1. The zero-order valence-electron chi connectivity index (χ0n) is 13.8. The van der Waals surface area contributed by atoms with Crippen molar-refractivity contribution in [3.05, 3.63) is 57.3 Å². The maximum Gasteiger partial charge on any atom is 0.237 e. The van der Waals surface area contributed by atoms with E-state index in [1.54, 1.807) is 0 Å². The number of fused-ring (bicyclic) bond motifs is 1. The molecule has 1 atom stereocenters. The first-order chi connectivity index (χ1) is 11.2. The summed E-state index contributed by atoms with van der Waals surface area (Å²) in [7, 11) is 0. The first-order valence-electron chi connectivity index (χ1n) is 8.34. The Hall–Kier alpha value is -1.65. The quantitative estimate of drug-likeness (QED) is 0.852. The zero-order chi connectivity index (χ0) is 16.2. The van der Waals surface area contributed by atoms with Crippen LogP contribution in [0.15, 0.2) is 35.7 Å². The summed E-state index contributed by atoms with van der Waals surface area (Å²) in [5.41, 5.74) is 3.80. The van der Waals surface area contributed by atoms with E-state index >= 15 is 0 Å². The summed E-state index contributed by atoms with van der Waals surface area (Å²) in [6, 6.07) is 10.7. The van der Waals surface area contributed by atoms with Crippen LogP contribution >= 0.6 is 11.3 Å². The van der Waals surface area contributed by atoms with Gasteiger partial charge in [0.1, 0.15) is 0 Å². The van der Waals surface area contributed by atoms with Crippen molar-refractivity contribution >= 4 is 17.2 Å². The molecule has 0 unspecified atom stereocenters. The third-order valence-electron chi connectivity index (χ3n) is 4.47. The molecule has 3 rings (SSSR count). The molecule has 1 aliphatic heterocycles. The fourth-order valence-corrected chi connectivity index (χ4v) is 4.19. The molecular weight excluding hydrogens is 304 g/mol. The van der Waals surface area contributed by atoms with Gasteiger partial charge in [-0.3, -0.25) is 4.79 Å². The van der Waals surface area contributed by atoms with Gasteiger partial charge in [0.05, 0.1) is 12.6 Å². The summed E-state index contributed by atoms with van der Waals surface area (Å²) in [5.74, 6) is 0.198. The molecule has 2 heterocycles. The van der Waals surface area contributed by atoms with Crippen molar-refractivity contribution in [1.29, 1.82) is 0 Å². The first-order valence-corrected chi connectivity index (χ1v) is 9.22. The zero-order valence-corrected chi connectivity index (χ0v) is 14.7. The summed E-state index contributed by atoms with van der Waals surface area (Å²) in [6.45, 7) is 6.37. The van der Waals surface area contributed by atoms with Gasteiger partial charge in [-0.15, -0.1) is 11.3 Å². The Bertz CT molecular complexity index is 680. The second kappa shape index (κ2) is 7.28. The van der Waals surface area contributed by atoms with Crippen molar-refractivity contribution in [1.82, 2.24) is 10.2 Å². The number of nitrogens with one attached hydrogen (secondary N) is 1. The van der Waals surface area contributed by atoms with Crippen LogP contribution in [0.25, 0.3) is 0 Å².